The molecule has 0 radical (unpaired) electrons. The number of benzene rings is 1. The molecule has 90 valence electrons. The third-order valence-electron chi connectivity index (χ3n) is 1.50. The Morgan fingerprint density at radius 3 is 1.88 bits per heavy atom. The zero-order valence-electron chi connectivity index (χ0n) is 8.04. The van der Waals surface area contributed by atoms with Crippen LogP contribution in [0.25, 0.3) is 0 Å². The Bertz CT molecular complexity index is 319. The predicted octanol–water partition coefficient (Wildman–Crippen LogP) is -4.70. The Kier molecular flexibility index (Phi) is 5.89. The van der Waals surface area contributed by atoms with Crippen molar-refractivity contribution in [3.05, 3.63) is 35.9 Å². The first-order valence-corrected chi connectivity index (χ1v) is 5.18. The highest BCUT2D eigenvalue weighted by atomic mass is 35.7. The molecule has 1 rings (SSSR count). The molecule has 0 saturated heterocycles. The molecular formula is C8H10ClNO6. The summed E-state index contributed by atoms with van der Waals surface area (Å²) in [5, 5.41) is 8.57. The molecule has 0 aliphatic heterocycles. The van der Waals surface area contributed by atoms with Gasteiger partial charge in [0.1, 0.15) is 0 Å². The summed E-state index contributed by atoms with van der Waals surface area (Å²) >= 11 is 0. The van der Waals surface area contributed by atoms with Crippen molar-refractivity contribution in [3.63, 3.8) is 0 Å². The molecule has 0 aromatic heterocycles. The Morgan fingerprint density at radius 1 is 1.19 bits per heavy atom. The monoisotopic (exact) mass is 251 g/mol. The average molecular weight is 252 g/mol. The molecule has 8 heteroatoms. The maximum Gasteiger partial charge on any atom is 0.367 e. The normalized spacial score (nSPS) is 12.3. The van der Waals surface area contributed by atoms with Crippen molar-refractivity contribution in [1.82, 2.24) is 0 Å². The third-order valence-corrected chi connectivity index (χ3v) is 1.50. The molecule has 1 aromatic carbocycles. The molecule has 0 bridgehead atoms. The van der Waals surface area contributed by atoms with E-state index in [4.69, 9.17) is 23.7 Å². The van der Waals surface area contributed by atoms with Gasteiger partial charge in [0.25, 0.3) is 0 Å². The highest BCUT2D eigenvalue weighted by molar-refractivity contribution is 5.73. The summed E-state index contributed by atoms with van der Waals surface area (Å²) in [6.07, 6.45) is 0. The number of hydrogen-bond acceptors (Lipinski definition) is 5. The number of carbonyl (C=O) groups is 1. The highest BCUT2D eigenvalue weighted by Gasteiger charge is 2.16. The van der Waals surface area contributed by atoms with E-state index in [9.17, 15) is 4.79 Å². The predicted molar refractivity (Wildman–Crippen MR) is 39.7 cm³/mol. The van der Waals surface area contributed by atoms with Crippen molar-refractivity contribution in [2.75, 3.05) is 0 Å². The quantitative estimate of drug-likeness (QED) is 0.537. The van der Waals surface area contributed by atoms with Crippen molar-refractivity contribution < 1.29 is 44.5 Å². The summed E-state index contributed by atoms with van der Waals surface area (Å²) in [5.74, 6) is -0.892. The van der Waals surface area contributed by atoms with Crippen molar-refractivity contribution in [2.45, 2.75) is 6.04 Å². The molecule has 0 amide bonds. The number of halogens is 1. The lowest BCUT2D eigenvalue weighted by Gasteiger charge is -2.17. The Hall–Kier alpha value is -1.22. The van der Waals surface area contributed by atoms with Crippen LogP contribution in [0, 0.1) is 10.2 Å². The number of aliphatic carboxylic acids is 1. The van der Waals surface area contributed by atoms with Crippen LogP contribution in [0.3, 0.4) is 0 Å². The van der Waals surface area contributed by atoms with Crippen molar-refractivity contribution in [1.29, 1.82) is 0 Å². The minimum absolute atomic E-state index is 0.656. The molecular weight excluding hydrogens is 242 g/mol. The van der Waals surface area contributed by atoms with Gasteiger partial charge >= 0.3 is 5.97 Å². The van der Waals surface area contributed by atoms with Gasteiger partial charge in [0.2, 0.25) is 6.04 Å². The standard InChI is InChI=1S/C8H9NO2.ClHO4/c9-7(8(10)11)6-4-2-1-3-5-6;2-1(3,4)5/h1-5,7H,9H2,(H,10,11);(H,2,3,4,5)/t7-;/m1./s1. The maximum atomic E-state index is 10.4. The zero-order valence-corrected chi connectivity index (χ0v) is 8.79. The van der Waals surface area contributed by atoms with Gasteiger partial charge in [-0.2, -0.15) is 0 Å². The average Bonchev–Trinajstić information content (AvgIpc) is 2.15. The largest absolute Gasteiger partial charge is 0.477 e. The maximum absolute atomic E-state index is 10.4. The van der Waals surface area contributed by atoms with Gasteiger partial charge in [0.15, 0.2) is 0 Å². The van der Waals surface area contributed by atoms with Gasteiger partial charge in [-0.3, -0.25) is 0 Å². The van der Waals surface area contributed by atoms with Crippen molar-refractivity contribution >= 4 is 5.97 Å². The van der Waals surface area contributed by atoms with Gasteiger partial charge in [-0.1, -0.05) is 30.3 Å². The lowest BCUT2D eigenvalue weighted by Crippen LogP contribution is -2.68. The molecule has 0 aliphatic rings. The minimum atomic E-state index is -4.94. The first-order valence-electron chi connectivity index (χ1n) is 3.94. The van der Waals surface area contributed by atoms with Crippen LogP contribution in [0.4, 0.5) is 0 Å². The van der Waals surface area contributed by atoms with E-state index < -0.39 is 22.3 Å². The van der Waals surface area contributed by atoms with Crippen LogP contribution < -0.4 is 24.4 Å². The van der Waals surface area contributed by atoms with E-state index in [1.54, 1.807) is 24.3 Å². The van der Waals surface area contributed by atoms with Gasteiger partial charge in [-0.15, -0.1) is 10.2 Å². The molecule has 0 saturated carbocycles. The second-order valence-electron chi connectivity index (χ2n) is 2.68. The van der Waals surface area contributed by atoms with Gasteiger partial charge in [-0.25, -0.2) is 23.4 Å². The Labute approximate surface area is 93.1 Å². The number of hydrogen-bond donors (Lipinski definition) is 2. The molecule has 4 N–H and O–H groups in total. The molecule has 0 unspecified atom stereocenters. The molecule has 0 spiro atoms. The van der Waals surface area contributed by atoms with E-state index in [1.807, 2.05) is 6.07 Å². The van der Waals surface area contributed by atoms with Crippen LogP contribution in [-0.4, -0.2) is 11.1 Å². The van der Waals surface area contributed by atoms with E-state index >= 15 is 0 Å². The van der Waals surface area contributed by atoms with Crippen LogP contribution in [0.1, 0.15) is 11.6 Å². The molecule has 16 heavy (non-hydrogen) atoms. The third kappa shape index (κ3) is 8.12. The minimum Gasteiger partial charge on any atom is -0.477 e. The van der Waals surface area contributed by atoms with Gasteiger partial charge in [-0.05, 0) is 0 Å². The number of rotatable bonds is 2. The zero-order chi connectivity index (χ0) is 12.8. The fourth-order valence-corrected chi connectivity index (χ4v) is 0.828. The first-order chi connectivity index (χ1) is 7.22. The van der Waals surface area contributed by atoms with Crippen LogP contribution in [0.5, 0.6) is 0 Å². The van der Waals surface area contributed by atoms with Crippen LogP contribution in [0.15, 0.2) is 30.3 Å². The fourth-order valence-electron chi connectivity index (χ4n) is 0.828. The second kappa shape index (κ2) is 6.38. The number of carboxylic acid groups (broad SMARTS) is 1. The van der Waals surface area contributed by atoms with E-state index in [2.05, 4.69) is 5.73 Å². The van der Waals surface area contributed by atoms with E-state index in [0.29, 0.717) is 0 Å². The van der Waals surface area contributed by atoms with Gasteiger partial charge in [0, 0.05) is 5.56 Å². The van der Waals surface area contributed by atoms with Crippen molar-refractivity contribution in [3.8, 4) is 0 Å². The van der Waals surface area contributed by atoms with E-state index in [0.717, 1.165) is 5.56 Å². The van der Waals surface area contributed by atoms with Crippen LogP contribution in [0.2, 0.25) is 0 Å². The molecule has 0 heterocycles. The molecule has 7 nitrogen and oxygen atoms in total. The summed E-state index contributed by atoms with van der Waals surface area (Å²) < 4.78 is 34.0. The SMILES string of the molecule is [NH3+][C@@H](C(=O)O)c1ccccc1.[O-][Cl+3]([O-])([O-])[O-]. The Balaban J connectivity index is 0.000000385. The lowest BCUT2D eigenvalue weighted by molar-refractivity contribution is -2.00. The summed E-state index contributed by atoms with van der Waals surface area (Å²) in [7, 11) is -4.94. The summed E-state index contributed by atoms with van der Waals surface area (Å²) in [4.78, 5) is 10.4. The highest BCUT2D eigenvalue weighted by Crippen LogP contribution is 2.06. The molecule has 0 aliphatic carbocycles. The van der Waals surface area contributed by atoms with Crippen LogP contribution in [-0.2, 0) is 4.79 Å². The molecule has 0 fully saturated rings. The topological polar surface area (TPSA) is 157 Å². The van der Waals surface area contributed by atoms with Gasteiger partial charge < -0.3 is 10.8 Å². The summed E-state index contributed by atoms with van der Waals surface area (Å²) in [6, 6.07) is 8.30. The van der Waals surface area contributed by atoms with Crippen molar-refractivity contribution in [2.24, 2.45) is 0 Å². The van der Waals surface area contributed by atoms with E-state index in [1.165, 1.54) is 0 Å². The summed E-state index contributed by atoms with van der Waals surface area (Å²) in [6.45, 7) is 0. The van der Waals surface area contributed by atoms with E-state index in [-0.39, 0.29) is 0 Å². The fraction of sp³-hybridized carbons (Fsp3) is 0.125. The van der Waals surface area contributed by atoms with Crippen LogP contribution >= 0.6 is 0 Å². The molecule has 1 atom stereocenters. The molecule has 1 aromatic rings. The van der Waals surface area contributed by atoms with Gasteiger partial charge in [0.05, 0.1) is 0 Å². The first kappa shape index (κ1) is 14.8. The smallest absolute Gasteiger partial charge is 0.367 e. The second-order valence-corrected chi connectivity index (χ2v) is 3.44. The summed E-state index contributed by atoms with van der Waals surface area (Å²) in [5.41, 5.74) is 4.24. The Morgan fingerprint density at radius 2 is 1.56 bits per heavy atom. The number of carboxylic acids is 1. The number of quaternary nitrogens is 1. The lowest BCUT2D eigenvalue weighted by atomic mass is 10.1.